The number of likely N-dealkylation sites (N-methyl/N-ethyl adjacent to an activating group) is 1. The number of benzene rings is 2. The molecule has 0 bridgehead atoms. The lowest BCUT2D eigenvalue weighted by Crippen LogP contribution is -2.44. The molecule has 118 valence electrons. The van der Waals surface area contributed by atoms with Gasteiger partial charge in [0, 0.05) is 26.2 Å². The molecule has 0 radical (unpaired) electrons. The first-order chi connectivity index (χ1) is 10.7. The molecule has 3 heteroatoms. The molecule has 1 saturated heterocycles. The van der Waals surface area contributed by atoms with Crippen LogP contribution in [0.15, 0.2) is 36.4 Å². The van der Waals surface area contributed by atoms with Gasteiger partial charge in [-0.25, -0.2) is 0 Å². The fraction of sp³-hybridized carbons (Fsp3) is 0.474. The summed E-state index contributed by atoms with van der Waals surface area (Å²) >= 11 is 0. The standard InChI is InChI=1S/C19H26N2O/c1-20-10-12-21(13-11-20)9-3-4-16-5-6-18-15-19(22-2)8-7-17(18)14-16/h5-8,14-15H,3-4,9-13H2,1-2H3. The highest BCUT2D eigenvalue weighted by Crippen LogP contribution is 2.22. The summed E-state index contributed by atoms with van der Waals surface area (Å²) in [6.45, 7) is 6.06. The molecule has 0 aliphatic carbocycles. The zero-order valence-electron chi connectivity index (χ0n) is 13.7. The van der Waals surface area contributed by atoms with Gasteiger partial charge in [-0.05, 0) is 54.9 Å². The number of rotatable bonds is 5. The second kappa shape index (κ2) is 7.12. The van der Waals surface area contributed by atoms with Crippen LogP contribution in [-0.2, 0) is 6.42 Å². The average molecular weight is 298 g/mol. The smallest absolute Gasteiger partial charge is 0.119 e. The third-order valence-electron chi connectivity index (χ3n) is 4.65. The van der Waals surface area contributed by atoms with E-state index in [1.54, 1.807) is 7.11 Å². The van der Waals surface area contributed by atoms with Crippen molar-refractivity contribution in [1.29, 1.82) is 0 Å². The molecule has 0 aromatic heterocycles. The predicted molar refractivity (Wildman–Crippen MR) is 92.8 cm³/mol. The Balaban J connectivity index is 1.55. The minimum atomic E-state index is 0.926. The second-order valence-electron chi connectivity index (χ2n) is 6.30. The van der Waals surface area contributed by atoms with E-state index in [4.69, 9.17) is 4.74 Å². The van der Waals surface area contributed by atoms with Crippen molar-refractivity contribution >= 4 is 10.8 Å². The van der Waals surface area contributed by atoms with Gasteiger partial charge in [0.15, 0.2) is 0 Å². The maximum atomic E-state index is 5.28. The first-order valence-corrected chi connectivity index (χ1v) is 8.22. The van der Waals surface area contributed by atoms with Crippen LogP contribution >= 0.6 is 0 Å². The van der Waals surface area contributed by atoms with Gasteiger partial charge in [-0.3, -0.25) is 0 Å². The van der Waals surface area contributed by atoms with Crippen LogP contribution in [0.2, 0.25) is 0 Å². The molecule has 1 fully saturated rings. The molecule has 0 amide bonds. The fourth-order valence-electron chi connectivity index (χ4n) is 3.13. The maximum Gasteiger partial charge on any atom is 0.119 e. The largest absolute Gasteiger partial charge is 0.497 e. The van der Waals surface area contributed by atoms with Crippen LogP contribution in [0.1, 0.15) is 12.0 Å². The van der Waals surface area contributed by atoms with Crippen molar-refractivity contribution in [2.75, 3.05) is 46.9 Å². The summed E-state index contributed by atoms with van der Waals surface area (Å²) in [4.78, 5) is 5.00. The zero-order valence-corrected chi connectivity index (χ0v) is 13.7. The lowest BCUT2D eigenvalue weighted by atomic mass is 10.0. The number of aryl methyl sites for hydroxylation is 1. The van der Waals surface area contributed by atoms with Crippen molar-refractivity contribution in [3.8, 4) is 5.75 Å². The van der Waals surface area contributed by atoms with E-state index in [0.29, 0.717) is 0 Å². The first kappa shape index (κ1) is 15.3. The van der Waals surface area contributed by atoms with Gasteiger partial charge in [0.1, 0.15) is 5.75 Å². The Labute approximate surface area is 133 Å². The van der Waals surface area contributed by atoms with Crippen LogP contribution in [0.25, 0.3) is 10.8 Å². The van der Waals surface area contributed by atoms with E-state index in [2.05, 4.69) is 47.2 Å². The topological polar surface area (TPSA) is 15.7 Å². The molecular formula is C19H26N2O. The molecule has 2 aromatic rings. The average Bonchev–Trinajstić information content (AvgIpc) is 2.56. The molecule has 3 nitrogen and oxygen atoms in total. The highest BCUT2D eigenvalue weighted by Gasteiger charge is 2.12. The molecule has 0 unspecified atom stereocenters. The van der Waals surface area contributed by atoms with Gasteiger partial charge in [-0.15, -0.1) is 0 Å². The van der Waals surface area contributed by atoms with Crippen molar-refractivity contribution in [2.24, 2.45) is 0 Å². The van der Waals surface area contributed by atoms with Crippen LogP contribution in [0.4, 0.5) is 0 Å². The first-order valence-electron chi connectivity index (χ1n) is 8.22. The Morgan fingerprint density at radius 1 is 0.955 bits per heavy atom. The van der Waals surface area contributed by atoms with Gasteiger partial charge in [0.25, 0.3) is 0 Å². The number of methoxy groups -OCH3 is 1. The number of hydrogen-bond donors (Lipinski definition) is 0. The molecule has 0 spiro atoms. The molecule has 1 aliphatic rings. The SMILES string of the molecule is COc1ccc2cc(CCCN3CCN(C)CC3)ccc2c1. The number of nitrogens with zero attached hydrogens (tertiary/aromatic N) is 2. The van der Waals surface area contributed by atoms with Crippen LogP contribution in [0.3, 0.4) is 0 Å². The molecular weight excluding hydrogens is 272 g/mol. The highest BCUT2D eigenvalue weighted by molar-refractivity contribution is 5.84. The van der Waals surface area contributed by atoms with E-state index in [-0.39, 0.29) is 0 Å². The summed E-state index contributed by atoms with van der Waals surface area (Å²) in [5.74, 6) is 0.926. The van der Waals surface area contributed by atoms with E-state index in [0.717, 1.165) is 12.2 Å². The maximum absolute atomic E-state index is 5.28. The van der Waals surface area contributed by atoms with Crippen molar-refractivity contribution in [3.63, 3.8) is 0 Å². The predicted octanol–water partition coefficient (Wildman–Crippen LogP) is 3.03. The van der Waals surface area contributed by atoms with E-state index >= 15 is 0 Å². The molecule has 3 rings (SSSR count). The van der Waals surface area contributed by atoms with E-state index in [1.165, 1.54) is 55.5 Å². The summed E-state index contributed by atoms with van der Waals surface area (Å²) in [6.07, 6.45) is 2.40. The van der Waals surface area contributed by atoms with Gasteiger partial charge in [-0.1, -0.05) is 24.3 Å². The van der Waals surface area contributed by atoms with Gasteiger partial charge in [0.05, 0.1) is 7.11 Å². The van der Waals surface area contributed by atoms with Crippen LogP contribution < -0.4 is 4.74 Å². The highest BCUT2D eigenvalue weighted by atomic mass is 16.5. The monoisotopic (exact) mass is 298 g/mol. The minimum Gasteiger partial charge on any atom is -0.497 e. The Morgan fingerprint density at radius 3 is 2.45 bits per heavy atom. The Hall–Kier alpha value is -1.58. The third-order valence-corrected chi connectivity index (χ3v) is 4.65. The fourth-order valence-corrected chi connectivity index (χ4v) is 3.13. The van der Waals surface area contributed by atoms with Gasteiger partial charge < -0.3 is 14.5 Å². The third kappa shape index (κ3) is 3.79. The summed E-state index contributed by atoms with van der Waals surface area (Å²) in [5.41, 5.74) is 1.44. The molecule has 0 atom stereocenters. The minimum absolute atomic E-state index is 0.926. The molecule has 1 aliphatic heterocycles. The van der Waals surface area contributed by atoms with Crippen molar-refractivity contribution < 1.29 is 4.74 Å². The number of fused-ring (bicyclic) bond motifs is 1. The second-order valence-corrected chi connectivity index (χ2v) is 6.30. The van der Waals surface area contributed by atoms with E-state index in [9.17, 15) is 0 Å². The molecule has 22 heavy (non-hydrogen) atoms. The molecule has 0 N–H and O–H groups in total. The zero-order chi connectivity index (χ0) is 15.4. The lowest BCUT2D eigenvalue weighted by molar-refractivity contribution is 0.153. The van der Waals surface area contributed by atoms with Crippen LogP contribution in [0.5, 0.6) is 5.75 Å². The number of hydrogen-bond acceptors (Lipinski definition) is 3. The summed E-state index contributed by atoms with van der Waals surface area (Å²) in [7, 11) is 3.93. The Bertz CT molecular complexity index is 618. The molecule has 1 heterocycles. The molecule has 0 saturated carbocycles. The van der Waals surface area contributed by atoms with Crippen molar-refractivity contribution in [1.82, 2.24) is 9.80 Å². The Kier molecular flexibility index (Phi) is 4.96. The van der Waals surface area contributed by atoms with Gasteiger partial charge in [0.2, 0.25) is 0 Å². The van der Waals surface area contributed by atoms with Crippen molar-refractivity contribution in [2.45, 2.75) is 12.8 Å². The number of ether oxygens (including phenoxy) is 1. The van der Waals surface area contributed by atoms with Gasteiger partial charge >= 0.3 is 0 Å². The van der Waals surface area contributed by atoms with E-state index < -0.39 is 0 Å². The van der Waals surface area contributed by atoms with Crippen LogP contribution in [0, 0.1) is 0 Å². The lowest BCUT2D eigenvalue weighted by Gasteiger charge is -2.32. The van der Waals surface area contributed by atoms with E-state index in [1.807, 2.05) is 6.07 Å². The Morgan fingerprint density at radius 2 is 1.68 bits per heavy atom. The quantitative estimate of drug-likeness (QED) is 0.844. The summed E-state index contributed by atoms with van der Waals surface area (Å²) < 4.78 is 5.28. The summed E-state index contributed by atoms with van der Waals surface area (Å²) in [6, 6.07) is 13.1. The summed E-state index contributed by atoms with van der Waals surface area (Å²) in [5, 5.41) is 2.56. The molecule has 2 aromatic carbocycles. The van der Waals surface area contributed by atoms with Gasteiger partial charge in [-0.2, -0.15) is 0 Å². The van der Waals surface area contributed by atoms with Crippen LogP contribution in [-0.4, -0.2) is 56.7 Å². The van der Waals surface area contributed by atoms with Crippen molar-refractivity contribution in [3.05, 3.63) is 42.0 Å². The number of piperazine rings is 1. The normalized spacial score (nSPS) is 17.0.